The summed E-state index contributed by atoms with van der Waals surface area (Å²) in [5, 5.41) is 16.8. The standard InChI is InChI=1S/C12H12N4O/c1-3-12-11(8-13)14-15-16(12)9-5-4-6-10(7-9)17-2/h4-7H,3H2,1-2H3. The van der Waals surface area contributed by atoms with Crippen molar-refractivity contribution in [2.45, 2.75) is 13.3 Å². The second-order valence-corrected chi connectivity index (χ2v) is 3.46. The lowest BCUT2D eigenvalue weighted by Crippen LogP contribution is -2.02. The van der Waals surface area contributed by atoms with E-state index in [0.29, 0.717) is 12.1 Å². The molecule has 0 aliphatic rings. The van der Waals surface area contributed by atoms with E-state index in [1.165, 1.54) is 0 Å². The number of nitriles is 1. The third-order valence-corrected chi connectivity index (χ3v) is 2.50. The van der Waals surface area contributed by atoms with Gasteiger partial charge in [0.25, 0.3) is 0 Å². The highest BCUT2D eigenvalue weighted by molar-refractivity contribution is 5.41. The Hall–Kier alpha value is -2.35. The molecule has 17 heavy (non-hydrogen) atoms. The third-order valence-electron chi connectivity index (χ3n) is 2.50. The van der Waals surface area contributed by atoms with Gasteiger partial charge in [-0.2, -0.15) is 5.26 Å². The Balaban J connectivity index is 2.53. The van der Waals surface area contributed by atoms with Gasteiger partial charge in [-0.1, -0.05) is 18.2 Å². The van der Waals surface area contributed by atoms with E-state index >= 15 is 0 Å². The fourth-order valence-corrected chi connectivity index (χ4v) is 1.66. The van der Waals surface area contributed by atoms with E-state index in [-0.39, 0.29) is 0 Å². The number of aromatic nitrogens is 3. The molecule has 0 unspecified atom stereocenters. The fourth-order valence-electron chi connectivity index (χ4n) is 1.66. The fraction of sp³-hybridized carbons (Fsp3) is 0.250. The van der Waals surface area contributed by atoms with Gasteiger partial charge >= 0.3 is 0 Å². The first kappa shape index (κ1) is 11.1. The van der Waals surface area contributed by atoms with Crippen LogP contribution in [0.15, 0.2) is 24.3 Å². The Labute approximate surface area is 99.2 Å². The topological polar surface area (TPSA) is 63.7 Å². The van der Waals surface area contributed by atoms with Gasteiger partial charge in [-0.05, 0) is 18.6 Å². The van der Waals surface area contributed by atoms with Gasteiger partial charge in [0.2, 0.25) is 0 Å². The van der Waals surface area contributed by atoms with Crippen molar-refractivity contribution in [1.82, 2.24) is 15.0 Å². The third kappa shape index (κ3) is 1.97. The van der Waals surface area contributed by atoms with Crippen LogP contribution in [0.2, 0.25) is 0 Å². The first-order valence-corrected chi connectivity index (χ1v) is 5.29. The highest BCUT2D eigenvalue weighted by atomic mass is 16.5. The number of nitrogens with zero attached hydrogens (tertiary/aromatic N) is 4. The van der Waals surface area contributed by atoms with E-state index in [0.717, 1.165) is 17.1 Å². The predicted octanol–water partition coefficient (Wildman–Crippen LogP) is 1.71. The quantitative estimate of drug-likeness (QED) is 0.802. The summed E-state index contributed by atoms with van der Waals surface area (Å²) < 4.78 is 6.82. The summed E-state index contributed by atoms with van der Waals surface area (Å²) in [7, 11) is 1.61. The van der Waals surface area contributed by atoms with E-state index in [4.69, 9.17) is 10.00 Å². The van der Waals surface area contributed by atoms with Crippen LogP contribution in [-0.4, -0.2) is 22.1 Å². The lowest BCUT2D eigenvalue weighted by atomic mass is 10.2. The summed E-state index contributed by atoms with van der Waals surface area (Å²) in [5.74, 6) is 0.749. The van der Waals surface area contributed by atoms with Crippen LogP contribution in [-0.2, 0) is 6.42 Å². The zero-order valence-corrected chi connectivity index (χ0v) is 9.71. The van der Waals surface area contributed by atoms with Crippen molar-refractivity contribution < 1.29 is 4.74 Å². The van der Waals surface area contributed by atoms with E-state index in [9.17, 15) is 0 Å². The lowest BCUT2D eigenvalue weighted by Gasteiger charge is -2.06. The second kappa shape index (κ2) is 4.66. The Morgan fingerprint density at radius 1 is 1.47 bits per heavy atom. The molecule has 0 saturated heterocycles. The molecule has 0 aliphatic carbocycles. The predicted molar refractivity (Wildman–Crippen MR) is 62.0 cm³/mol. The van der Waals surface area contributed by atoms with E-state index in [1.54, 1.807) is 11.8 Å². The Kier molecular flexibility index (Phi) is 3.06. The molecular formula is C12H12N4O. The number of benzene rings is 1. The molecule has 2 rings (SSSR count). The van der Waals surface area contributed by atoms with Gasteiger partial charge in [0.15, 0.2) is 5.69 Å². The zero-order chi connectivity index (χ0) is 12.3. The highest BCUT2D eigenvalue weighted by Gasteiger charge is 2.12. The maximum Gasteiger partial charge on any atom is 0.186 e. The van der Waals surface area contributed by atoms with Gasteiger partial charge < -0.3 is 4.74 Å². The van der Waals surface area contributed by atoms with Gasteiger partial charge in [0, 0.05) is 6.07 Å². The van der Waals surface area contributed by atoms with E-state index < -0.39 is 0 Å². The number of ether oxygens (including phenoxy) is 1. The van der Waals surface area contributed by atoms with Crippen molar-refractivity contribution >= 4 is 0 Å². The van der Waals surface area contributed by atoms with Crippen molar-refractivity contribution in [3.63, 3.8) is 0 Å². The number of hydrogen-bond donors (Lipinski definition) is 0. The molecule has 0 fully saturated rings. The zero-order valence-electron chi connectivity index (χ0n) is 9.71. The van der Waals surface area contributed by atoms with Crippen LogP contribution in [0.25, 0.3) is 5.69 Å². The minimum absolute atomic E-state index is 0.371. The molecule has 1 aromatic carbocycles. The molecule has 1 heterocycles. The van der Waals surface area contributed by atoms with Crippen molar-refractivity contribution in [2.75, 3.05) is 7.11 Å². The van der Waals surface area contributed by atoms with Crippen LogP contribution >= 0.6 is 0 Å². The Bertz CT molecular complexity index is 568. The van der Waals surface area contributed by atoms with Gasteiger partial charge in [0.05, 0.1) is 18.5 Å². The number of rotatable bonds is 3. The summed E-state index contributed by atoms with van der Waals surface area (Å²) in [6.45, 7) is 1.97. The molecule has 0 amide bonds. The first-order valence-electron chi connectivity index (χ1n) is 5.29. The van der Waals surface area contributed by atoms with Gasteiger partial charge in [-0.3, -0.25) is 0 Å². The van der Waals surface area contributed by atoms with Crippen molar-refractivity contribution in [1.29, 1.82) is 5.26 Å². The summed E-state index contributed by atoms with van der Waals surface area (Å²) in [4.78, 5) is 0. The molecule has 1 aromatic heterocycles. The molecule has 0 radical (unpaired) electrons. The molecule has 0 spiro atoms. The van der Waals surface area contributed by atoms with Gasteiger partial charge in [-0.15, -0.1) is 5.10 Å². The van der Waals surface area contributed by atoms with E-state index in [2.05, 4.69) is 10.3 Å². The van der Waals surface area contributed by atoms with Crippen LogP contribution in [0.1, 0.15) is 18.3 Å². The van der Waals surface area contributed by atoms with Crippen molar-refractivity contribution in [3.05, 3.63) is 35.7 Å². The number of methoxy groups -OCH3 is 1. The average Bonchev–Trinajstić information content (AvgIpc) is 2.81. The molecule has 5 nitrogen and oxygen atoms in total. The minimum Gasteiger partial charge on any atom is -0.497 e. The van der Waals surface area contributed by atoms with Crippen LogP contribution < -0.4 is 4.74 Å². The lowest BCUT2D eigenvalue weighted by molar-refractivity contribution is 0.414. The maximum absolute atomic E-state index is 8.92. The molecule has 0 N–H and O–H groups in total. The SMILES string of the molecule is CCc1c(C#N)nnn1-c1cccc(OC)c1. The molecule has 5 heteroatoms. The second-order valence-electron chi connectivity index (χ2n) is 3.46. The normalized spacial score (nSPS) is 9.94. The summed E-state index contributed by atoms with van der Waals surface area (Å²) >= 11 is 0. The molecular weight excluding hydrogens is 216 g/mol. The molecule has 0 bridgehead atoms. The summed E-state index contributed by atoms with van der Waals surface area (Å²) in [6, 6.07) is 9.53. The molecule has 0 aliphatic heterocycles. The number of hydrogen-bond acceptors (Lipinski definition) is 4. The molecule has 0 saturated carbocycles. The molecule has 2 aromatic rings. The Morgan fingerprint density at radius 2 is 2.29 bits per heavy atom. The Morgan fingerprint density at radius 3 is 2.94 bits per heavy atom. The highest BCUT2D eigenvalue weighted by Crippen LogP contribution is 2.18. The van der Waals surface area contributed by atoms with Gasteiger partial charge in [-0.25, -0.2) is 4.68 Å². The van der Waals surface area contributed by atoms with Gasteiger partial charge in [0.1, 0.15) is 11.8 Å². The summed E-state index contributed by atoms with van der Waals surface area (Å²) in [5.41, 5.74) is 2.02. The smallest absolute Gasteiger partial charge is 0.186 e. The maximum atomic E-state index is 8.92. The molecule has 86 valence electrons. The van der Waals surface area contributed by atoms with Crippen LogP contribution in [0.4, 0.5) is 0 Å². The minimum atomic E-state index is 0.371. The van der Waals surface area contributed by atoms with Crippen molar-refractivity contribution in [3.8, 4) is 17.5 Å². The monoisotopic (exact) mass is 228 g/mol. The van der Waals surface area contributed by atoms with Crippen LogP contribution in [0, 0.1) is 11.3 Å². The average molecular weight is 228 g/mol. The molecule has 0 atom stereocenters. The van der Waals surface area contributed by atoms with Crippen LogP contribution in [0.3, 0.4) is 0 Å². The largest absolute Gasteiger partial charge is 0.497 e. The summed E-state index contributed by atoms with van der Waals surface area (Å²) in [6.07, 6.45) is 0.701. The van der Waals surface area contributed by atoms with Crippen molar-refractivity contribution in [2.24, 2.45) is 0 Å². The van der Waals surface area contributed by atoms with E-state index in [1.807, 2.05) is 37.3 Å². The van der Waals surface area contributed by atoms with Crippen LogP contribution in [0.5, 0.6) is 5.75 Å². The first-order chi connectivity index (χ1) is 8.30.